The molecule has 0 saturated heterocycles. The van der Waals surface area contributed by atoms with Crippen LogP contribution in [-0.4, -0.2) is 12.8 Å². The quantitative estimate of drug-likeness (QED) is 0.635. The number of ether oxygens (including phenoxy) is 1. The predicted octanol–water partition coefficient (Wildman–Crippen LogP) is 1.89. The molecule has 0 aromatic carbocycles. The van der Waals surface area contributed by atoms with Crippen molar-refractivity contribution in [1.82, 2.24) is 0 Å². The Morgan fingerprint density at radius 2 is 2.00 bits per heavy atom. The highest BCUT2D eigenvalue weighted by Crippen LogP contribution is 2.23. The molecule has 2 heteroatoms. The largest absolute Gasteiger partial charge is 0.364 e. The Balaban J connectivity index is 2.05. The van der Waals surface area contributed by atoms with Crippen molar-refractivity contribution in [3.05, 3.63) is 0 Å². The summed E-state index contributed by atoms with van der Waals surface area (Å²) in [4.78, 5) is 0. The molecular formula is C9H19NO. The van der Waals surface area contributed by atoms with E-state index in [4.69, 9.17) is 10.5 Å². The SMILES string of the molecule is C[C@H](N)OCC1CCCCC1. The molecule has 1 aliphatic rings. The minimum absolute atomic E-state index is 0.0862. The van der Waals surface area contributed by atoms with Crippen molar-refractivity contribution < 1.29 is 4.74 Å². The molecule has 1 atom stereocenters. The zero-order valence-electron chi connectivity index (χ0n) is 7.38. The van der Waals surface area contributed by atoms with Gasteiger partial charge in [-0.1, -0.05) is 19.3 Å². The lowest BCUT2D eigenvalue weighted by atomic mass is 9.90. The first kappa shape index (κ1) is 9.01. The van der Waals surface area contributed by atoms with Gasteiger partial charge in [0, 0.05) is 0 Å². The third-order valence-corrected chi connectivity index (χ3v) is 2.32. The van der Waals surface area contributed by atoms with Crippen LogP contribution in [0.25, 0.3) is 0 Å². The van der Waals surface area contributed by atoms with E-state index in [0.717, 1.165) is 12.5 Å². The summed E-state index contributed by atoms with van der Waals surface area (Å²) in [5, 5.41) is 0. The van der Waals surface area contributed by atoms with Gasteiger partial charge < -0.3 is 10.5 Å². The molecule has 0 amide bonds. The van der Waals surface area contributed by atoms with Gasteiger partial charge in [-0.15, -0.1) is 0 Å². The van der Waals surface area contributed by atoms with E-state index in [1.54, 1.807) is 0 Å². The van der Waals surface area contributed by atoms with Crippen LogP contribution in [0.15, 0.2) is 0 Å². The van der Waals surface area contributed by atoms with Crippen molar-refractivity contribution >= 4 is 0 Å². The van der Waals surface area contributed by atoms with Crippen molar-refractivity contribution in [2.24, 2.45) is 11.7 Å². The molecule has 0 spiro atoms. The van der Waals surface area contributed by atoms with E-state index in [-0.39, 0.29) is 6.23 Å². The molecule has 0 aromatic heterocycles. The minimum Gasteiger partial charge on any atom is -0.364 e. The van der Waals surface area contributed by atoms with Gasteiger partial charge in [-0.25, -0.2) is 0 Å². The second-order valence-corrected chi connectivity index (χ2v) is 3.54. The monoisotopic (exact) mass is 157 g/mol. The van der Waals surface area contributed by atoms with E-state index in [1.807, 2.05) is 6.92 Å². The molecule has 0 aromatic rings. The summed E-state index contributed by atoms with van der Waals surface area (Å²) in [6.07, 6.45) is 6.77. The Morgan fingerprint density at radius 1 is 1.36 bits per heavy atom. The summed E-state index contributed by atoms with van der Waals surface area (Å²) < 4.78 is 5.36. The van der Waals surface area contributed by atoms with Crippen LogP contribution in [-0.2, 0) is 4.74 Å². The van der Waals surface area contributed by atoms with Crippen LogP contribution < -0.4 is 5.73 Å². The Labute approximate surface area is 69.1 Å². The Morgan fingerprint density at radius 3 is 2.55 bits per heavy atom. The Hall–Kier alpha value is -0.0800. The normalized spacial score (nSPS) is 23.5. The van der Waals surface area contributed by atoms with Crippen LogP contribution in [0.4, 0.5) is 0 Å². The number of hydrogen-bond donors (Lipinski definition) is 1. The molecular weight excluding hydrogens is 138 g/mol. The fraction of sp³-hybridized carbons (Fsp3) is 1.00. The maximum atomic E-state index is 5.49. The van der Waals surface area contributed by atoms with Crippen molar-refractivity contribution in [1.29, 1.82) is 0 Å². The summed E-state index contributed by atoms with van der Waals surface area (Å²) in [6.45, 7) is 2.76. The van der Waals surface area contributed by atoms with E-state index in [2.05, 4.69) is 0 Å². The first-order valence-electron chi connectivity index (χ1n) is 4.66. The minimum atomic E-state index is -0.0862. The summed E-state index contributed by atoms with van der Waals surface area (Å²) in [6, 6.07) is 0. The lowest BCUT2D eigenvalue weighted by Crippen LogP contribution is -2.24. The second-order valence-electron chi connectivity index (χ2n) is 3.54. The molecule has 0 bridgehead atoms. The third kappa shape index (κ3) is 3.73. The van der Waals surface area contributed by atoms with Gasteiger partial charge in [-0.2, -0.15) is 0 Å². The average molecular weight is 157 g/mol. The molecule has 0 aliphatic heterocycles. The lowest BCUT2D eigenvalue weighted by molar-refractivity contribution is 0.0348. The molecule has 1 fully saturated rings. The number of nitrogens with two attached hydrogens (primary N) is 1. The summed E-state index contributed by atoms with van der Waals surface area (Å²) in [5.74, 6) is 0.787. The maximum Gasteiger partial charge on any atom is 0.102 e. The Kier molecular flexibility index (Phi) is 3.87. The highest BCUT2D eigenvalue weighted by molar-refractivity contribution is 4.64. The maximum absolute atomic E-state index is 5.49. The van der Waals surface area contributed by atoms with Crippen LogP contribution in [0.3, 0.4) is 0 Å². The fourth-order valence-corrected chi connectivity index (χ4v) is 1.64. The molecule has 2 N–H and O–H groups in total. The van der Waals surface area contributed by atoms with Crippen molar-refractivity contribution in [3.8, 4) is 0 Å². The molecule has 1 rings (SSSR count). The van der Waals surface area contributed by atoms with Gasteiger partial charge >= 0.3 is 0 Å². The Bertz CT molecular complexity index is 97.7. The second kappa shape index (κ2) is 4.73. The van der Waals surface area contributed by atoms with E-state index in [9.17, 15) is 0 Å². The first-order chi connectivity index (χ1) is 5.29. The molecule has 2 nitrogen and oxygen atoms in total. The van der Waals surface area contributed by atoms with Crippen molar-refractivity contribution in [2.45, 2.75) is 45.3 Å². The van der Waals surface area contributed by atoms with Crippen LogP contribution in [0.2, 0.25) is 0 Å². The number of hydrogen-bond acceptors (Lipinski definition) is 2. The van der Waals surface area contributed by atoms with Gasteiger partial charge in [0.15, 0.2) is 0 Å². The number of rotatable bonds is 3. The van der Waals surface area contributed by atoms with Gasteiger partial charge in [-0.3, -0.25) is 0 Å². The van der Waals surface area contributed by atoms with Crippen molar-refractivity contribution in [3.63, 3.8) is 0 Å². The van der Waals surface area contributed by atoms with E-state index < -0.39 is 0 Å². The molecule has 66 valence electrons. The summed E-state index contributed by atoms with van der Waals surface area (Å²) in [5.41, 5.74) is 5.49. The highest BCUT2D eigenvalue weighted by Gasteiger charge is 2.13. The molecule has 0 heterocycles. The predicted molar refractivity (Wildman–Crippen MR) is 46.2 cm³/mol. The topological polar surface area (TPSA) is 35.2 Å². The van der Waals surface area contributed by atoms with Gasteiger partial charge in [-0.05, 0) is 25.7 Å². The van der Waals surface area contributed by atoms with Crippen LogP contribution >= 0.6 is 0 Å². The van der Waals surface area contributed by atoms with Gasteiger partial charge in [0.05, 0.1) is 6.61 Å². The summed E-state index contributed by atoms with van der Waals surface area (Å²) >= 11 is 0. The lowest BCUT2D eigenvalue weighted by Gasteiger charge is -2.22. The van der Waals surface area contributed by atoms with Gasteiger partial charge in [0.2, 0.25) is 0 Å². The van der Waals surface area contributed by atoms with Crippen LogP contribution in [0.5, 0.6) is 0 Å². The summed E-state index contributed by atoms with van der Waals surface area (Å²) in [7, 11) is 0. The van der Waals surface area contributed by atoms with E-state index in [1.165, 1.54) is 32.1 Å². The fourth-order valence-electron chi connectivity index (χ4n) is 1.64. The zero-order valence-corrected chi connectivity index (χ0v) is 7.38. The van der Waals surface area contributed by atoms with E-state index in [0.29, 0.717) is 0 Å². The molecule has 11 heavy (non-hydrogen) atoms. The molecule has 1 saturated carbocycles. The molecule has 1 aliphatic carbocycles. The van der Waals surface area contributed by atoms with Gasteiger partial charge in [0.1, 0.15) is 6.23 Å². The van der Waals surface area contributed by atoms with Crippen LogP contribution in [0.1, 0.15) is 39.0 Å². The average Bonchev–Trinajstić information content (AvgIpc) is 2.03. The zero-order chi connectivity index (χ0) is 8.10. The van der Waals surface area contributed by atoms with E-state index >= 15 is 0 Å². The smallest absolute Gasteiger partial charge is 0.102 e. The highest BCUT2D eigenvalue weighted by atomic mass is 16.5. The standard InChI is InChI=1S/C9H19NO/c1-8(10)11-7-9-5-3-2-4-6-9/h8-9H,2-7,10H2,1H3/t8-/m1/s1. The molecule has 0 radical (unpaired) electrons. The third-order valence-electron chi connectivity index (χ3n) is 2.32. The van der Waals surface area contributed by atoms with Crippen molar-refractivity contribution in [2.75, 3.05) is 6.61 Å². The van der Waals surface area contributed by atoms with Crippen LogP contribution in [0, 0.1) is 5.92 Å². The van der Waals surface area contributed by atoms with Gasteiger partial charge in [0.25, 0.3) is 0 Å². The first-order valence-corrected chi connectivity index (χ1v) is 4.66. The molecule has 0 unspecified atom stereocenters.